The first kappa shape index (κ1) is 14.5. The Labute approximate surface area is 135 Å². The van der Waals surface area contributed by atoms with Crippen molar-refractivity contribution in [2.45, 2.75) is 56.4 Å². The molecule has 1 amide bonds. The number of carbonyl (C=O) groups excluding carboxylic acids is 1. The summed E-state index contributed by atoms with van der Waals surface area (Å²) >= 11 is 0. The van der Waals surface area contributed by atoms with E-state index >= 15 is 0 Å². The van der Waals surface area contributed by atoms with E-state index in [1.807, 2.05) is 19.4 Å². The lowest BCUT2D eigenvalue weighted by Crippen LogP contribution is -2.38. The molecule has 1 N–H and O–H groups in total. The number of aryl methyl sites for hydroxylation is 1. The average Bonchev–Trinajstić information content (AvgIpc) is 3.11. The molecule has 2 aromatic rings. The first-order chi connectivity index (χ1) is 11.2. The van der Waals surface area contributed by atoms with Crippen LogP contribution in [0.4, 0.5) is 0 Å². The van der Waals surface area contributed by atoms with Gasteiger partial charge in [0.05, 0.1) is 0 Å². The molecule has 0 bridgehead atoms. The lowest BCUT2D eigenvalue weighted by atomic mass is 9.85. The molecule has 2 saturated carbocycles. The fourth-order valence-electron chi connectivity index (χ4n) is 3.54. The molecule has 0 saturated heterocycles. The van der Waals surface area contributed by atoms with Gasteiger partial charge >= 0.3 is 0 Å². The molecular formula is C17H22N4O2. The van der Waals surface area contributed by atoms with E-state index in [-0.39, 0.29) is 11.9 Å². The van der Waals surface area contributed by atoms with Crippen LogP contribution in [-0.2, 0) is 7.05 Å². The molecule has 6 nitrogen and oxygen atoms in total. The van der Waals surface area contributed by atoms with E-state index in [1.54, 1.807) is 6.07 Å². The van der Waals surface area contributed by atoms with Crippen molar-refractivity contribution in [1.82, 2.24) is 20.0 Å². The highest BCUT2D eigenvalue weighted by molar-refractivity contribution is 5.92. The van der Waals surface area contributed by atoms with Crippen molar-refractivity contribution in [2.75, 3.05) is 0 Å². The number of nitrogens with one attached hydrogen (secondary N) is 1. The van der Waals surface area contributed by atoms with Gasteiger partial charge in [0.25, 0.3) is 5.91 Å². The minimum atomic E-state index is -0.119. The van der Waals surface area contributed by atoms with Crippen LogP contribution in [0.2, 0.25) is 0 Å². The van der Waals surface area contributed by atoms with Gasteiger partial charge in [0, 0.05) is 43.4 Å². The third kappa shape index (κ3) is 3.02. The summed E-state index contributed by atoms with van der Waals surface area (Å²) in [7, 11) is 2.03. The van der Waals surface area contributed by atoms with Crippen molar-refractivity contribution in [3.05, 3.63) is 35.7 Å². The van der Waals surface area contributed by atoms with E-state index < -0.39 is 0 Å². The molecule has 0 unspecified atom stereocenters. The molecule has 2 fully saturated rings. The average molecular weight is 314 g/mol. The summed E-state index contributed by atoms with van der Waals surface area (Å²) in [6.45, 7) is 0. The van der Waals surface area contributed by atoms with Gasteiger partial charge in [0.1, 0.15) is 11.6 Å². The van der Waals surface area contributed by atoms with Crippen molar-refractivity contribution in [1.29, 1.82) is 0 Å². The van der Waals surface area contributed by atoms with Crippen LogP contribution in [0.15, 0.2) is 23.0 Å². The topological polar surface area (TPSA) is 73.0 Å². The molecule has 4 rings (SSSR count). The molecule has 0 radical (unpaired) electrons. The molecular weight excluding hydrogens is 292 g/mol. The second-order valence-electron chi connectivity index (χ2n) is 6.82. The molecule has 2 aliphatic rings. The van der Waals surface area contributed by atoms with Crippen molar-refractivity contribution < 1.29 is 9.32 Å². The largest absolute Gasteiger partial charge is 0.360 e. The second-order valence-corrected chi connectivity index (χ2v) is 6.82. The third-order valence-electron chi connectivity index (χ3n) is 4.97. The van der Waals surface area contributed by atoms with Gasteiger partial charge in [-0.2, -0.15) is 0 Å². The van der Waals surface area contributed by atoms with Crippen molar-refractivity contribution in [3.8, 4) is 0 Å². The fraction of sp³-hybridized carbons (Fsp3) is 0.588. The zero-order valence-electron chi connectivity index (χ0n) is 13.4. The summed E-state index contributed by atoms with van der Waals surface area (Å²) < 4.78 is 7.35. The minimum Gasteiger partial charge on any atom is -0.360 e. The van der Waals surface area contributed by atoms with Crippen LogP contribution in [0, 0.1) is 0 Å². The number of nitrogens with zero attached hydrogens (tertiary/aromatic N) is 3. The number of aromatic nitrogens is 3. The quantitative estimate of drug-likeness (QED) is 0.942. The molecule has 2 atom stereocenters. The number of hydrogen-bond donors (Lipinski definition) is 1. The lowest BCUT2D eigenvalue weighted by Gasteiger charge is -2.29. The van der Waals surface area contributed by atoms with Crippen LogP contribution in [0.5, 0.6) is 0 Å². The summed E-state index contributed by atoms with van der Waals surface area (Å²) in [4.78, 5) is 16.8. The Hall–Kier alpha value is -2.11. The van der Waals surface area contributed by atoms with E-state index in [0.29, 0.717) is 17.5 Å². The monoisotopic (exact) mass is 314 g/mol. The van der Waals surface area contributed by atoms with E-state index in [1.165, 1.54) is 0 Å². The first-order valence-corrected chi connectivity index (χ1v) is 8.45. The summed E-state index contributed by atoms with van der Waals surface area (Å²) in [6, 6.07) is 1.98. The van der Waals surface area contributed by atoms with Gasteiger partial charge in [0.15, 0.2) is 5.69 Å². The van der Waals surface area contributed by atoms with Crippen molar-refractivity contribution in [3.63, 3.8) is 0 Å². The zero-order chi connectivity index (χ0) is 15.8. The van der Waals surface area contributed by atoms with E-state index in [0.717, 1.165) is 50.1 Å². The highest BCUT2D eigenvalue weighted by Crippen LogP contribution is 2.40. The van der Waals surface area contributed by atoms with E-state index in [9.17, 15) is 4.79 Å². The summed E-state index contributed by atoms with van der Waals surface area (Å²) in [5.74, 6) is 2.73. The Morgan fingerprint density at radius 1 is 1.30 bits per heavy atom. The van der Waals surface area contributed by atoms with E-state index in [4.69, 9.17) is 4.52 Å². The van der Waals surface area contributed by atoms with Gasteiger partial charge < -0.3 is 14.4 Å². The minimum absolute atomic E-state index is 0.119. The fourth-order valence-corrected chi connectivity index (χ4v) is 3.54. The second kappa shape index (κ2) is 5.83. The van der Waals surface area contributed by atoms with Crippen molar-refractivity contribution in [2.24, 2.45) is 7.05 Å². The maximum absolute atomic E-state index is 12.4. The number of amides is 1. The number of carbonyl (C=O) groups is 1. The molecule has 2 aromatic heterocycles. The highest BCUT2D eigenvalue weighted by Gasteiger charge is 2.30. The molecule has 0 aromatic carbocycles. The molecule has 23 heavy (non-hydrogen) atoms. The van der Waals surface area contributed by atoms with Crippen LogP contribution < -0.4 is 5.32 Å². The van der Waals surface area contributed by atoms with Crippen molar-refractivity contribution >= 4 is 5.91 Å². The molecule has 0 spiro atoms. The SMILES string of the molecule is Cn1ccnc1[C@@H]1CCC[C@H](NC(=O)c2cc(C3CC3)on2)C1. The third-order valence-corrected chi connectivity index (χ3v) is 4.97. The van der Waals surface area contributed by atoms with Gasteiger partial charge in [-0.05, 0) is 32.1 Å². The predicted molar refractivity (Wildman–Crippen MR) is 84.1 cm³/mol. The lowest BCUT2D eigenvalue weighted by molar-refractivity contribution is 0.0915. The van der Waals surface area contributed by atoms with Crippen LogP contribution in [0.25, 0.3) is 0 Å². The van der Waals surface area contributed by atoms with Gasteiger partial charge in [-0.15, -0.1) is 0 Å². The van der Waals surface area contributed by atoms with Crippen LogP contribution in [-0.4, -0.2) is 26.7 Å². The Bertz CT molecular complexity index is 701. The highest BCUT2D eigenvalue weighted by atomic mass is 16.5. The van der Waals surface area contributed by atoms with Gasteiger partial charge in [0.2, 0.25) is 0 Å². The van der Waals surface area contributed by atoms with Gasteiger partial charge in [-0.1, -0.05) is 11.6 Å². The number of imidazole rings is 1. The normalized spacial score (nSPS) is 24.6. The molecule has 122 valence electrons. The standard InChI is InChI=1S/C17H22N4O2/c1-21-8-7-18-16(21)12-3-2-4-13(9-12)19-17(22)14-10-15(23-20-14)11-5-6-11/h7-8,10-13H,2-6,9H2,1H3,(H,19,22)/t12-,13+/m1/s1. The predicted octanol–water partition coefficient (Wildman–Crippen LogP) is 2.74. The molecule has 2 aliphatic carbocycles. The summed E-state index contributed by atoms with van der Waals surface area (Å²) in [5.41, 5.74) is 0.408. The molecule has 0 aliphatic heterocycles. The summed E-state index contributed by atoms with van der Waals surface area (Å²) in [6.07, 6.45) is 10.3. The van der Waals surface area contributed by atoms with Crippen LogP contribution >= 0.6 is 0 Å². The van der Waals surface area contributed by atoms with Crippen LogP contribution in [0.3, 0.4) is 0 Å². The number of hydrogen-bond acceptors (Lipinski definition) is 4. The Morgan fingerprint density at radius 2 is 2.17 bits per heavy atom. The van der Waals surface area contributed by atoms with E-state index in [2.05, 4.69) is 20.0 Å². The maximum atomic E-state index is 12.4. The molecule has 2 heterocycles. The number of rotatable bonds is 4. The van der Waals surface area contributed by atoms with Crippen LogP contribution in [0.1, 0.15) is 72.4 Å². The molecule has 6 heteroatoms. The Morgan fingerprint density at radius 3 is 2.91 bits per heavy atom. The van der Waals surface area contributed by atoms with Gasteiger partial charge in [-0.3, -0.25) is 4.79 Å². The smallest absolute Gasteiger partial charge is 0.273 e. The maximum Gasteiger partial charge on any atom is 0.273 e. The first-order valence-electron chi connectivity index (χ1n) is 8.45. The zero-order valence-corrected chi connectivity index (χ0v) is 13.4. The van der Waals surface area contributed by atoms with Gasteiger partial charge in [-0.25, -0.2) is 4.98 Å². The Kier molecular flexibility index (Phi) is 3.67. The summed E-state index contributed by atoms with van der Waals surface area (Å²) in [5, 5.41) is 7.04. The Balaban J connectivity index is 1.39.